The van der Waals surface area contributed by atoms with Gasteiger partial charge < -0.3 is 0 Å². The lowest BCUT2D eigenvalue weighted by atomic mass is 10.2. The standard InChI is InChI=1S/C20H23N5O5S/c1-16-6-8-18(9-7-16)31(29,30)24-12-10-23(11-13-24)15-20(26)22-21-14-17-4-2-3-5-19(17)25(27)28/h2-9,14H,10-13,15H2,1H3,(H,22,26)/b21-14+. The van der Waals surface area contributed by atoms with Crippen molar-refractivity contribution in [2.45, 2.75) is 11.8 Å². The third-order valence-electron chi connectivity index (χ3n) is 4.88. The van der Waals surface area contributed by atoms with Gasteiger partial charge in [-0.2, -0.15) is 9.41 Å². The quantitative estimate of drug-likeness (QED) is 0.390. The molecule has 11 heteroatoms. The van der Waals surface area contributed by atoms with Gasteiger partial charge in [-0.05, 0) is 25.1 Å². The van der Waals surface area contributed by atoms with Crippen LogP contribution in [0.25, 0.3) is 0 Å². The number of benzene rings is 2. The summed E-state index contributed by atoms with van der Waals surface area (Å²) >= 11 is 0. The van der Waals surface area contributed by atoms with Crippen LogP contribution in [0, 0.1) is 17.0 Å². The van der Waals surface area contributed by atoms with Gasteiger partial charge in [0.1, 0.15) is 0 Å². The summed E-state index contributed by atoms with van der Waals surface area (Å²) in [5.74, 6) is -0.385. The van der Waals surface area contributed by atoms with Gasteiger partial charge in [0, 0.05) is 32.2 Å². The van der Waals surface area contributed by atoms with E-state index in [1.807, 2.05) is 11.8 Å². The number of sulfonamides is 1. The summed E-state index contributed by atoms with van der Waals surface area (Å²) in [4.78, 5) is 24.7. The van der Waals surface area contributed by atoms with Crippen molar-refractivity contribution in [1.29, 1.82) is 0 Å². The molecule has 3 rings (SSSR count). The summed E-state index contributed by atoms with van der Waals surface area (Å²) in [6.07, 6.45) is 1.22. The number of nitrogens with one attached hydrogen (secondary N) is 1. The zero-order valence-electron chi connectivity index (χ0n) is 17.0. The van der Waals surface area contributed by atoms with Crippen LogP contribution in [0.4, 0.5) is 5.69 Å². The van der Waals surface area contributed by atoms with Gasteiger partial charge in [-0.3, -0.25) is 19.8 Å². The number of nitro benzene ring substituents is 1. The van der Waals surface area contributed by atoms with Crippen molar-refractivity contribution in [2.24, 2.45) is 5.10 Å². The summed E-state index contributed by atoms with van der Waals surface area (Å²) in [5, 5.41) is 14.8. The fourth-order valence-corrected chi connectivity index (χ4v) is 4.58. The topological polar surface area (TPSA) is 125 Å². The number of amides is 1. The Morgan fingerprint density at radius 1 is 1.13 bits per heavy atom. The number of hydrazone groups is 1. The number of para-hydroxylation sites is 1. The number of hydrogen-bond acceptors (Lipinski definition) is 7. The lowest BCUT2D eigenvalue weighted by molar-refractivity contribution is -0.385. The van der Waals surface area contributed by atoms with Crippen molar-refractivity contribution in [3.8, 4) is 0 Å². The average Bonchev–Trinajstić information content (AvgIpc) is 2.74. The summed E-state index contributed by atoms with van der Waals surface area (Å²) < 4.78 is 26.9. The number of hydrogen-bond donors (Lipinski definition) is 1. The Bertz CT molecular complexity index is 1080. The van der Waals surface area contributed by atoms with E-state index in [2.05, 4.69) is 10.5 Å². The highest BCUT2D eigenvalue weighted by Crippen LogP contribution is 2.18. The van der Waals surface area contributed by atoms with Crippen molar-refractivity contribution >= 4 is 27.8 Å². The van der Waals surface area contributed by atoms with Crippen LogP contribution in [0.3, 0.4) is 0 Å². The van der Waals surface area contributed by atoms with Crippen LogP contribution in [0.1, 0.15) is 11.1 Å². The number of rotatable bonds is 7. The van der Waals surface area contributed by atoms with E-state index in [9.17, 15) is 23.3 Å². The van der Waals surface area contributed by atoms with Crippen molar-refractivity contribution in [3.63, 3.8) is 0 Å². The minimum Gasteiger partial charge on any atom is -0.292 e. The van der Waals surface area contributed by atoms with Gasteiger partial charge in [0.15, 0.2) is 0 Å². The Balaban J connectivity index is 1.50. The molecule has 31 heavy (non-hydrogen) atoms. The monoisotopic (exact) mass is 445 g/mol. The molecule has 1 fully saturated rings. The highest BCUT2D eigenvalue weighted by atomic mass is 32.2. The number of carbonyl (C=O) groups is 1. The smallest absolute Gasteiger partial charge is 0.278 e. The van der Waals surface area contributed by atoms with E-state index in [1.54, 1.807) is 36.4 Å². The van der Waals surface area contributed by atoms with E-state index in [0.29, 0.717) is 13.1 Å². The third-order valence-corrected chi connectivity index (χ3v) is 6.80. The van der Waals surface area contributed by atoms with E-state index >= 15 is 0 Å². The number of nitrogens with zero attached hydrogens (tertiary/aromatic N) is 4. The van der Waals surface area contributed by atoms with Gasteiger partial charge in [-0.25, -0.2) is 13.8 Å². The van der Waals surface area contributed by atoms with Crippen molar-refractivity contribution in [3.05, 3.63) is 69.8 Å². The number of aryl methyl sites for hydroxylation is 1. The molecule has 0 aromatic heterocycles. The molecule has 1 aliphatic rings. The number of carbonyl (C=O) groups excluding carboxylic acids is 1. The van der Waals surface area contributed by atoms with Crippen LogP contribution in [-0.4, -0.2) is 67.4 Å². The second-order valence-electron chi connectivity index (χ2n) is 7.10. The first-order valence-corrected chi connectivity index (χ1v) is 11.1. The highest BCUT2D eigenvalue weighted by Gasteiger charge is 2.28. The Kier molecular flexibility index (Phi) is 7.10. The van der Waals surface area contributed by atoms with Crippen LogP contribution in [0.15, 0.2) is 58.5 Å². The van der Waals surface area contributed by atoms with Gasteiger partial charge in [0.05, 0.1) is 28.1 Å². The van der Waals surface area contributed by atoms with Crippen LogP contribution < -0.4 is 5.43 Å². The second-order valence-corrected chi connectivity index (χ2v) is 9.04. The summed E-state index contributed by atoms with van der Waals surface area (Å²) in [6.45, 7) is 3.32. The first-order chi connectivity index (χ1) is 14.8. The Hall–Kier alpha value is -3.15. The first-order valence-electron chi connectivity index (χ1n) is 9.62. The van der Waals surface area contributed by atoms with Gasteiger partial charge >= 0.3 is 0 Å². The molecule has 164 valence electrons. The van der Waals surface area contributed by atoms with E-state index in [0.717, 1.165) is 5.56 Å². The largest absolute Gasteiger partial charge is 0.292 e. The van der Waals surface area contributed by atoms with Gasteiger partial charge in [0.2, 0.25) is 10.0 Å². The molecule has 1 N–H and O–H groups in total. The molecule has 2 aromatic rings. The lowest BCUT2D eigenvalue weighted by Gasteiger charge is -2.33. The maximum absolute atomic E-state index is 12.7. The predicted molar refractivity (Wildman–Crippen MR) is 115 cm³/mol. The van der Waals surface area contributed by atoms with E-state index in [1.165, 1.54) is 22.7 Å². The Morgan fingerprint density at radius 2 is 1.77 bits per heavy atom. The molecule has 2 aromatic carbocycles. The molecule has 0 spiro atoms. The lowest BCUT2D eigenvalue weighted by Crippen LogP contribution is -2.50. The Morgan fingerprint density at radius 3 is 2.42 bits per heavy atom. The fourth-order valence-electron chi connectivity index (χ4n) is 3.16. The van der Waals surface area contributed by atoms with Crippen LogP contribution >= 0.6 is 0 Å². The molecule has 0 aliphatic carbocycles. The average molecular weight is 446 g/mol. The molecule has 0 radical (unpaired) electrons. The van der Waals surface area contributed by atoms with E-state index in [-0.39, 0.29) is 41.7 Å². The molecule has 0 atom stereocenters. The minimum atomic E-state index is -3.56. The maximum atomic E-state index is 12.7. The van der Waals surface area contributed by atoms with Crippen molar-refractivity contribution in [1.82, 2.24) is 14.6 Å². The molecule has 1 saturated heterocycles. The highest BCUT2D eigenvalue weighted by molar-refractivity contribution is 7.89. The summed E-state index contributed by atoms with van der Waals surface area (Å²) in [5.41, 5.74) is 3.51. The molecule has 1 heterocycles. The molecule has 10 nitrogen and oxygen atoms in total. The van der Waals surface area contributed by atoms with Gasteiger partial charge in [0.25, 0.3) is 11.6 Å². The van der Waals surface area contributed by atoms with E-state index in [4.69, 9.17) is 0 Å². The molecule has 1 aliphatic heterocycles. The van der Waals surface area contributed by atoms with Crippen molar-refractivity contribution in [2.75, 3.05) is 32.7 Å². The molecular formula is C20H23N5O5S. The van der Waals surface area contributed by atoms with Crippen LogP contribution in [0.2, 0.25) is 0 Å². The zero-order valence-corrected chi connectivity index (χ0v) is 17.8. The SMILES string of the molecule is Cc1ccc(S(=O)(=O)N2CCN(CC(=O)N/N=C/c3ccccc3[N+](=O)[O-])CC2)cc1. The molecule has 0 saturated carbocycles. The normalized spacial score (nSPS) is 15.8. The molecule has 0 unspecified atom stereocenters. The van der Waals surface area contributed by atoms with Crippen molar-refractivity contribution < 1.29 is 18.1 Å². The zero-order chi connectivity index (χ0) is 22.4. The number of piperazine rings is 1. The fraction of sp³-hybridized carbons (Fsp3) is 0.300. The molecular weight excluding hydrogens is 422 g/mol. The van der Waals surface area contributed by atoms with Crippen LogP contribution in [-0.2, 0) is 14.8 Å². The number of nitro groups is 1. The van der Waals surface area contributed by atoms with Gasteiger partial charge in [-0.15, -0.1) is 0 Å². The van der Waals surface area contributed by atoms with Gasteiger partial charge in [-0.1, -0.05) is 29.8 Å². The first kappa shape index (κ1) is 22.5. The minimum absolute atomic E-state index is 0.0483. The second kappa shape index (κ2) is 9.77. The third kappa shape index (κ3) is 5.72. The summed E-state index contributed by atoms with van der Waals surface area (Å²) in [6, 6.07) is 12.8. The van der Waals surface area contributed by atoms with Crippen LogP contribution in [0.5, 0.6) is 0 Å². The van der Waals surface area contributed by atoms with E-state index < -0.39 is 14.9 Å². The molecule has 1 amide bonds. The maximum Gasteiger partial charge on any atom is 0.278 e. The molecule has 0 bridgehead atoms. The summed E-state index contributed by atoms with van der Waals surface area (Å²) in [7, 11) is -3.56. The predicted octanol–water partition coefficient (Wildman–Crippen LogP) is 1.36. The Labute approximate surface area is 180 Å².